The molecule has 0 spiro atoms. The molecule has 2 nitrogen and oxygen atoms in total. The van der Waals surface area contributed by atoms with Gasteiger partial charge in [0.1, 0.15) is 5.82 Å². The Hall–Kier alpha value is -1.74. The molecule has 2 aromatic rings. The van der Waals surface area contributed by atoms with Crippen molar-refractivity contribution in [3.63, 3.8) is 0 Å². The summed E-state index contributed by atoms with van der Waals surface area (Å²) in [6.07, 6.45) is 4.43. The molecule has 2 atom stereocenters. The maximum atomic E-state index is 13.8. The normalized spacial score (nSPS) is 14.1. The molecule has 1 aromatic carbocycles. The molecule has 0 amide bonds. The highest BCUT2D eigenvalue weighted by Crippen LogP contribution is 2.23. The molecule has 0 fully saturated rings. The van der Waals surface area contributed by atoms with Crippen LogP contribution in [0, 0.1) is 5.82 Å². The smallest absolute Gasteiger partial charge is 0.127 e. The molecule has 1 N–H and O–H groups in total. The molecule has 0 saturated carbocycles. The lowest BCUT2D eigenvalue weighted by molar-refractivity contribution is 0.439. The summed E-state index contributed by atoms with van der Waals surface area (Å²) >= 11 is 0. The van der Waals surface area contributed by atoms with Crippen LogP contribution in [0.3, 0.4) is 0 Å². The van der Waals surface area contributed by atoms with Crippen LogP contribution in [-0.4, -0.2) is 4.98 Å². The SMILES string of the molecule is CCC(NC(C)c1cccnc1)c1ccccc1F. The number of hydrogen-bond acceptors (Lipinski definition) is 2. The highest BCUT2D eigenvalue weighted by Gasteiger charge is 2.16. The number of aromatic nitrogens is 1. The van der Waals surface area contributed by atoms with Gasteiger partial charge in [-0.25, -0.2) is 4.39 Å². The number of nitrogens with zero attached hydrogens (tertiary/aromatic N) is 1. The van der Waals surface area contributed by atoms with Gasteiger partial charge < -0.3 is 5.32 Å². The van der Waals surface area contributed by atoms with E-state index in [9.17, 15) is 4.39 Å². The molecule has 0 aliphatic rings. The Morgan fingerprint density at radius 3 is 2.63 bits per heavy atom. The monoisotopic (exact) mass is 258 g/mol. The molecule has 100 valence electrons. The largest absolute Gasteiger partial charge is 0.303 e. The molecule has 19 heavy (non-hydrogen) atoms. The summed E-state index contributed by atoms with van der Waals surface area (Å²) in [5, 5.41) is 3.46. The van der Waals surface area contributed by atoms with Gasteiger partial charge in [-0.2, -0.15) is 0 Å². The molecule has 3 heteroatoms. The van der Waals surface area contributed by atoms with Gasteiger partial charge in [0.2, 0.25) is 0 Å². The Labute approximate surface area is 113 Å². The quantitative estimate of drug-likeness (QED) is 0.876. The average molecular weight is 258 g/mol. The fourth-order valence-electron chi connectivity index (χ4n) is 2.22. The fourth-order valence-corrected chi connectivity index (χ4v) is 2.22. The van der Waals surface area contributed by atoms with Gasteiger partial charge in [0, 0.05) is 30.0 Å². The van der Waals surface area contributed by atoms with E-state index in [2.05, 4.69) is 24.1 Å². The van der Waals surface area contributed by atoms with E-state index in [-0.39, 0.29) is 17.9 Å². The lowest BCUT2D eigenvalue weighted by Gasteiger charge is -2.23. The lowest BCUT2D eigenvalue weighted by Crippen LogP contribution is -2.25. The van der Waals surface area contributed by atoms with Crippen molar-refractivity contribution in [3.8, 4) is 0 Å². The number of benzene rings is 1. The van der Waals surface area contributed by atoms with Gasteiger partial charge in [-0.1, -0.05) is 31.2 Å². The summed E-state index contributed by atoms with van der Waals surface area (Å²) in [6, 6.07) is 11.0. The summed E-state index contributed by atoms with van der Waals surface area (Å²) < 4.78 is 13.8. The standard InChI is InChI=1S/C16H19FN2/c1-3-16(14-8-4-5-9-15(14)17)19-12(2)13-7-6-10-18-11-13/h4-12,16,19H,3H2,1-2H3. The second-order valence-corrected chi connectivity index (χ2v) is 4.66. The van der Waals surface area contributed by atoms with Crippen LogP contribution in [0.2, 0.25) is 0 Å². The van der Waals surface area contributed by atoms with Crippen molar-refractivity contribution in [3.05, 3.63) is 65.7 Å². The van der Waals surface area contributed by atoms with E-state index in [0.717, 1.165) is 17.5 Å². The minimum absolute atomic E-state index is 0.0106. The van der Waals surface area contributed by atoms with Gasteiger partial charge in [0.25, 0.3) is 0 Å². The van der Waals surface area contributed by atoms with Gasteiger partial charge in [0.05, 0.1) is 0 Å². The molecule has 2 rings (SSSR count). The van der Waals surface area contributed by atoms with Crippen molar-refractivity contribution in [2.75, 3.05) is 0 Å². The Kier molecular flexibility index (Phi) is 4.63. The zero-order valence-corrected chi connectivity index (χ0v) is 11.3. The highest BCUT2D eigenvalue weighted by atomic mass is 19.1. The van der Waals surface area contributed by atoms with Gasteiger partial charge in [0.15, 0.2) is 0 Å². The Balaban J connectivity index is 2.14. The van der Waals surface area contributed by atoms with Crippen LogP contribution < -0.4 is 5.32 Å². The zero-order valence-electron chi connectivity index (χ0n) is 11.3. The summed E-state index contributed by atoms with van der Waals surface area (Å²) in [5.41, 5.74) is 1.83. The van der Waals surface area contributed by atoms with E-state index >= 15 is 0 Å². The van der Waals surface area contributed by atoms with E-state index in [4.69, 9.17) is 0 Å². The van der Waals surface area contributed by atoms with Crippen LogP contribution >= 0.6 is 0 Å². The Morgan fingerprint density at radius 2 is 2.00 bits per heavy atom. The second-order valence-electron chi connectivity index (χ2n) is 4.66. The third-order valence-corrected chi connectivity index (χ3v) is 3.32. The Morgan fingerprint density at radius 1 is 1.21 bits per heavy atom. The van der Waals surface area contributed by atoms with Crippen LogP contribution in [0.25, 0.3) is 0 Å². The van der Waals surface area contributed by atoms with E-state index < -0.39 is 0 Å². The number of halogens is 1. The molecule has 0 saturated heterocycles. The maximum Gasteiger partial charge on any atom is 0.127 e. The van der Waals surface area contributed by atoms with Crippen molar-refractivity contribution in [1.29, 1.82) is 0 Å². The summed E-state index contributed by atoms with van der Waals surface area (Å²) in [6.45, 7) is 4.13. The first kappa shape index (κ1) is 13.7. The first-order chi connectivity index (χ1) is 9.22. The minimum Gasteiger partial charge on any atom is -0.303 e. The van der Waals surface area contributed by atoms with Gasteiger partial charge in [-0.05, 0) is 31.0 Å². The van der Waals surface area contributed by atoms with Gasteiger partial charge in [-0.15, -0.1) is 0 Å². The average Bonchev–Trinajstić information content (AvgIpc) is 2.46. The first-order valence-electron chi connectivity index (χ1n) is 6.62. The third kappa shape index (κ3) is 3.38. The van der Waals surface area contributed by atoms with Gasteiger partial charge in [-0.3, -0.25) is 4.98 Å². The number of nitrogens with one attached hydrogen (secondary N) is 1. The summed E-state index contributed by atoms with van der Waals surface area (Å²) in [7, 11) is 0. The molecule has 2 unspecified atom stereocenters. The molecule has 0 radical (unpaired) electrons. The molecule has 0 aliphatic carbocycles. The molecule has 0 aliphatic heterocycles. The lowest BCUT2D eigenvalue weighted by atomic mass is 10.0. The maximum absolute atomic E-state index is 13.8. The van der Waals surface area contributed by atoms with E-state index in [1.807, 2.05) is 30.5 Å². The predicted octanol–water partition coefficient (Wildman–Crippen LogP) is 4.02. The van der Waals surface area contributed by atoms with Crippen LogP contribution in [0.1, 0.15) is 43.5 Å². The van der Waals surface area contributed by atoms with E-state index in [1.54, 1.807) is 12.3 Å². The zero-order chi connectivity index (χ0) is 13.7. The van der Waals surface area contributed by atoms with Crippen molar-refractivity contribution < 1.29 is 4.39 Å². The van der Waals surface area contributed by atoms with E-state index in [0.29, 0.717) is 0 Å². The summed E-state index contributed by atoms with van der Waals surface area (Å²) in [5.74, 6) is -0.153. The van der Waals surface area contributed by atoms with Crippen LogP contribution in [0.5, 0.6) is 0 Å². The Bertz CT molecular complexity index is 513. The van der Waals surface area contributed by atoms with Crippen molar-refractivity contribution in [1.82, 2.24) is 10.3 Å². The molecule has 0 bridgehead atoms. The van der Waals surface area contributed by atoms with Crippen molar-refractivity contribution >= 4 is 0 Å². The number of rotatable bonds is 5. The second kappa shape index (κ2) is 6.43. The predicted molar refractivity (Wildman–Crippen MR) is 75.2 cm³/mol. The van der Waals surface area contributed by atoms with Crippen LogP contribution in [0.4, 0.5) is 4.39 Å². The topological polar surface area (TPSA) is 24.9 Å². The van der Waals surface area contributed by atoms with Crippen LogP contribution in [0.15, 0.2) is 48.8 Å². The van der Waals surface area contributed by atoms with Crippen molar-refractivity contribution in [2.45, 2.75) is 32.4 Å². The molecular formula is C16H19FN2. The molecule has 1 heterocycles. The fraction of sp³-hybridized carbons (Fsp3) is 0.312. The highest BCUT2D eigenvalue weighted by molar-refractivity contribution is 5.22. The number of hydrogen-bond donors (Lipinski definition) is 1. The third-order valence-electron chi connectivity index (χ3n) is 3.32. The van der Waals surface area contributed by atoms with Crippen molar-refractivity contribution in [2.24, 2.45) is 0 Å². The molecular weight excluding hydrogens is 239 g/mol. The minimum atomic E-state index is -0.153. The van der Waals surface area contributed by atoms with E-state index in [1.165, 1.54) is 6.07 Å². The summed E-state index contributed by atoms with van der Waals surface area (Å²) in [4.78, 5) is 4.12. The first-order valence-corrected chi connectivity index (χ1v) is 6.62. The number of pyridine rings is 1. The van der Waals surface area contributed by atoms with Crippen LogP contribution in [-0.2, 0) is 0 Å². The van der Waals surface area contributed by atoms with Gasteiger partial charge >= 0.3 is 0 Å². The molecule has 1 aromatic heterocycles.